The van der Waals surface area contributed by atoms with Gasteiger partial charge >= 0.3 is 0 Å². The van der Waals surface area contributed by atoms with Crippen LogP contribution in [0.3, 0.4) is 0 Å². The highest BCUT2D eigenvalue weighted by atomic mass is 127. The molecule has 2 rings (SSSR count). The van der Waals surface area contributed by atoms with Crippen LogP contribution in [-0.2, 0) is 0 Å². The second-order valence-corrected chi connectivity index (χ2v) is 5.68. The summed E-state index contributed by atoms with van der Waals surface area (Å²) in [7, 11) is 0. The molecule has 0 radical (unpaired) electrons. The number of halogens is 2. The number of rotatable bonds is 3. The Morgan fingerprint density at radius 2 is 2.21 bits per heavy atom. The van der Waals surface area contributed by atoms with Crippen molar-refractivity contribution in [3.05, 3.63) is 62.4 Å². The zero-order chi connectivity index (χ0) is 13.8. The summed E-state index contributed by atoms with van der Waals surface area (Å²) in [4.78, 5) is 16.1. The molecule has 0 spiro atoms. The Hall–Kier alpha value is -1.14. The first-order valence-corrected chi connectivity index (χ1v) is 7.19. The van der Waals surface area contributed by atoms with E-state index in [0.29, 0.717) is 10.6 Å². The summed E-state index contributed by atoms with van der Waals surface area (Å²) in [5.74, 6) is -0.144. The maximum Gasteiger partial charge on any atom is 0.251 e. The largest absolute Gasteiger partial charge is 0.345 e. The fourth-order valence-corrected chi connectivity index (χ4v) is 2.15. The van der Waals surface area contributed by atoms with Gasteiger partial charge in [-0.2, -0.15) is 0 Å². The van der Waals surface area contributed by atoms with E-state index in [2.05, 4.69) is 32.9 Å². The molecule has 1 atom stereocenters. The molecule has 0 aliphatic heterocycles. The van der Waals surface area contributed by atoms with Gasteiger partial charge in [0.05, 0.1) is 11.1 Å². The standard InChI is InChI=1S/C14H12ClIN2O/c1-9(11-3-2-6-17-8-11)18-14(19)10-4-5-13(16)12(15)7-10/h2-9H,1H3,(H,18,19). The van der Waals surface area contributed by atoms with E-state index in [1.54, 1.807) is 24.5 Å². The molecule has 3 nitrogen and oxygen atoms in total. The van der Waals surface area contributed by atoms with Gasteiger partial charge in [0.2, 0.25) is 0 Å². The fraction of sp³-hybridized carbons (Fsp3) is 0.143. The van der Waals surface area contributed by atoms with E-state index in [9.17, 15) is 4.79 Å². The lowest BCUT2D eigenvalue weighted by atomic mass is 10.1. The van der Waals surface area contributed by atoms with Gasteiger partial charge in [0.15, 0.2) is 0 Å². The molecule has 0 fully saturated rings. The Kier molecular flexibility index (Phi) is 4.76. The maximum atomic E-state index is 12.1. The SMILES string of the molecule is CC(NC(=O)c1ccc(I)c(Cl)c1)c1cccnc1. The number of pyridine rings is 1. The Morgan fingerprint density at radius 3 is 2.84 bits per heavy atom. The third kappa shape index (κ3) is 3.67. The summed E-state index contributed by atoms with van der Waals surface area (Å²) in [6.07, 6.45) is 3.45. The molecule has 0 saturated carbocycles. The number of carbonyl (C=O) groups excluding carboxylic acids is 1. The number of aromatic nitrogens is 1. The van der Waals surface area contributed by atoms with Gasteiger partial charge < -0.3 is 5.32 Å². The fourth-order valence-electron chi connectivity index (χ4n) is 1.63. The van der Waals surface area contributed by atoms with Crippen LogP contribution in [0.4, 0.5) is 0 Å². The second-order valence-electron chi connectivity index (χ2n) is 4.11. The molecule has 0 bridgehead atoms. The highest BCUT2D eigenvalue weighted by Gasteiger charge is 2.12. The van der Waals surface area contributed by atoms with E-state index in [0.717, 1.165) is 9.13 Å². The number of nitrogens with one attached hydrogen (secondary N) is 1. The van der Waals surface area contributed by atoms with Crippen LogP contribution in [0.15, 0.2) is 42.7 Å². The molecule has 1 N–H and O–H groups in total. The lowest BCUT2D eigenvalue weighted by molar-refractivity contribution is 0.0940. The maximum absolute atomic E-state index is 12.1. The van der Waals surface area contributed by atoms with Crippen molar-refractivity contribution in [1.82, 2.24) is 10.3 Å². The first kappa shape index (κ1) is 14.3. The number of carbonyl (C=O) groups is 1. The quantitative estimate of drug-likeness (QED) is 0.815. The monoisotopic (exact) mass is 386 g/mol. The third-order valence-corrected chi connectivity index (χ3v) is 4.29. The molecular formula is C14H12ClIN2O. The number of nitrogens with zero attached hydrogens (tertiary/aromatic N) is 1. The lowest BCUT2D eigenvalue weighted by Gasteiger charge is -2.14. The van der Waals surface area contributed by atoms with Crippen LogP contribution < -0.4 is 5.32 Å². The van der Waals surface area contributed by atoms with Crippen molar-refractivity contribution in [3.63, 3.8) is 0 Å². The summed E-state index contributed by atoms with van der Waals surface area (Å²) >= 11 is 8.14. The molecule has 2 aromatic rings. The van der Waals surface area contributed by atoms with E-state index >= 15 is 0 Å². The number of hydrogen-bond donors (Lipinski definition) is 1. The Labute approximate surface area is 130 Å². The van der Waals surface area contributed by atoms with Crippen LogP contribution in [0.5, 0.6) is 0 Å². The minimum absolute atomic E-state index is 0.0979. The summed E-state index contributed by atoms with van der Waals surface area (Å²) in [6, 6.07) is 8.94. The normalized spacial score (nSPS) is 11.9. The molecule has 0 aliphatic carbocycles. The molecule has 1 heterocycles. The van der Waals surface area contributed by atoms with Gasteiger partial charge in [-0.1, -0.05) is 17.7 Å². The van der Waals surface area contributed by atoms with Crippen LogP contribution in [0.25, 0.3) is 0 Å². The topological polar surface area (TPSA) is 42.0 Å². The molecule has 1 amide bonds. The predicted molar refractivity (Wildman–Crippen MR) is 84.3 cm³/mol. The molecule has 0 aliphatic rings. The van der Waals surface area contributed by atoms with Crippen molar-refractivity contribution in [2.24, 2.45) is 0 Å². The van der Waals surface area contributed by atoms with Crippen molar-refractivity contribution < 1.29 is 4.79 Å². The van der Waals surface area contributed by atoms with Crippen molar-refractivity contribution in [1.29, 1.82) is 0 Å². The molecule has 19 heavy (non-hydrogen) atoms. The van der Waals surface area contributed by atoms with Crippen LogP contribution in [0.1, 0.15) is 28.9 Å². The summed E-state index contributed by atoms with van der Waals surface area (Å²) in [5.41, 5.74) is 1.52. The van der Waals surface area contributed by atoms with Gasteiger partial charge in [-0.25, -0.2) is 0 Å². The van der Waals surface area contributed by atoms with Crippen molar-refractivity contribution in [3.8, 4) is 0 Å². The molecule has 5 heteroatoms. The third-order valence-electron chi connectivity index (χ3n) is 2.71. The lowest BCUT2D eigenvalue weighted by Crippen LogP contribution is -2.26. The number of amides is 1. The van der Waals surface area contributed by atoms with E-state index in [1.807, 2.05) is 25.1 Å². The van der Waals surface area contributed by atoms with Crippen molar-refractivity contribution in [2.75, 3.05) is 0 Å². The number of hydrogen-bond acceptors (Lipinski definition) is 2. The van der Waals surface area contributed by atoms with Gasteiger partial charge in [0, 0.05) is 21.5 Å². The van der Waals surface area contributed by atoms with Crippen molar-refractivity contribution >= 4 is 40.1 Å². The van der Waals surface area contributed by atoms with Crippen LogP contribution in [0.2, 0.25) is 5.02 Å². The average molecular weight is 387 g/mol. The van der Waals surface area contributed by atoms with Crippen LogP contribution >= 0.6 is 34.2 Å². The van der Waals surface area contributed by atoms with E-state index in [-0.39, 0.29) is 11.9 Å². The van der Waals surface area contributed by atoms with Crippen molar-refractivity contribution in [2.45, 2.75) is 13.0 Å². The predicted octanol–water partition coefficient (Wildman–Crippen LogP) is 3.83. The Morgan fingerprint density at radius 1 is 1.42 bits per heavy atom. The zero-order valence-corrected chi connectivity index (χ0v) is 13.1. The summed E-state index contributed by atoms with van der Waals surface area (Å²) in [5, 5.41) is 3.50. The number of benzene rings is 1. The summed E-state index contributed by atoms with van der Waals surface area (Å²) < 4.78 is 0.927. The summed E-state index contributed by atoms with van der Waals surface area (Å²) in [6.45, 7) is 1.92. The first-order valence-electron chi connectivity index (χ1n) is 5.74. The van der Waals surface area contributed by atoms with E-state index < -0.39 is 0 Å². The van der Waals surface area contributed by atoms with Crippen LogP contribution in [-0.4, -0.2) is 10.9 Å². The van der Waals surface area contributed by atoms with Gasteiger partial charge in [-0.15, -0.1) is 0 Å². The molecule has 1 aromatic carbocycles. The van der Waals surface area contributed by atoms with Crippen LogP contribution in [0, 0.1) is 3.57 Å². The average Bonchev–Trinajstić information content (AvgIpc) is 2.42. The van der Waals surface area contributed by atoms with E-state index in [4.69, 9.17) is 11.6 Å². The second kappa shape index (κ2) is 6.34. The molecular weight excluding hydrogens is 375 g/mol. The molecule has 1 aromatic heterocycles. The van der Waals surface area contributed by atoms with Gasteiger partial charge in [0.1, 0.15) is 0 Å². The molecule has 98 valence electrons. The smallest absolute Gasteiger partial charge is 0.251 e. The first-order chi connectivity index (χ1) is 9.08. The minimum atomic E-state index is -0.144. The van der Waals surface area contributed by atoms with Gasteiger partial charge in [-0.05, 0) is 59.3 Å². The zero-order valence-electron chi connectivity index (χ0n) is 10.2. The molecule has 1 unspecified atom stereocenters. The Balaban J connectivity index is 2.11. The Bertz CT molecular complexity index is 589. The van der Waals surface area contributed by atoms with Gasteiger partial charge in [0.25, 0.3) is 5.91 Å². The molecule has 0 saturated heterocycles. The highest BCUT2D eigenvalue weighted by molar-refractivity contribution is 14.1. The van der Waals surface area contributed by atoms with E-state index in [1.165, 1.54) is 0 Å². The highest BCUT2D eigenvalue weighted by Crippen LogP contribution is 2.20. The van der Waals surface area contributed by atoms with Gasteiger partial charge in [-0.3, -0.25) is 9.78 Å². The minimum Gasteiger partial charge on any atom is -0.345 e.